The van der Waals surface area contributed by atoms with E-state index in [1.807, 2.05) is 55.5 Å². The molecule has 0 bridgehead atoms. The van der Waals surface area contributed by atoms with E-state index in [0.29, 0.717) is 5.82 Å². The first-order valence-electron chi connectivity index (χ1n) is 9.08. The molecule has 0 saturated carbocycles. The Hall–Kier alpha value is -4.00. The van der Waals surface area contributed by atoms with Crippen LogP contribution in [0.4, 0.5) is 5.69 Å². The van der Waals surface area contributed by atoms with E-state index in [1.165, 1.54) is 18.2 Å². The van der Waals surface area contributed by atoms with Crippen LogP contribution in [-0.4, -0.2) is 20.8 Å². The van der Waals surface area contributed by atoms with E-state index in [4.69, 9.17) is 0 Å². The Morgan fingerprint density at radius 2 is 1.86 bits per heavy atom. The maximum absolute atomic E-state index is 12.9. The smallest absolute Gasteiger partial charge is 0.270 e. The number of imidazole rings is 1. The molecule has 3 aromatic carbocycles. The van der Waals surface area contributed by atoms with Gasteiger partial charge in [0.2, 0.25) is 0 Å². The molecule has 0 fully saturated rings. The zero-order valence-electron chi connectivity index (χ0n) is 15.6. The monoisotopic (exact) mass is 386 g/mol. The lowest BCUT2D eigenvalue weighted by Gasteiger charge is -2.17. The lowest BCUT2D eigenvalue weighted by atomic mass is 10.1. The number of hydrogen-bond acceptors (Lipinski definition) is 4. The van der Waals surface area contributed by atoms with Crippen LogP contribution in [0.25, 0.3) is 11.0 Å². The Labute approximate surface area is 166 Å². The summed E-state index contributed by atoms with van der Waals surface area (Å²) in [6.07, 6.45) is 0. The molecule has 4 aromatic rings. The van der Waals surface area contributed by atoms with E-state index < -0.39 is 16.9 Å². The van der Waals surface area contributed by atoms with Gasteiger partial charge in [0.25, 0.3) is 11.6 Å². The van der Waals surface area contributed by atoms with Crippen LogP contribution < -0.4 is 5.32 Å². The molecule has 4 rings (SSSR count). The SMILES string of the molecule is Cc1ccc2nc(C(NC(=O)c3cccc([N+](=O)[O-])c3)c3ccccc3)[nH]c2c1. The summed E-state index contributed by atoms with van der Waals surface area (Å²) in [4.78, 5) is 31.3. The minimum Gasteiger partial charge on any atom is -0.340 e. The quantitative estimate of drug-likeness (QED) is 0.394. The summed E-state index contributed by atoms with van der Waals surface area (Å²) in [5, 5.41) is 14.0. The Kier molecular flexibility index (Phi) is 4.78. The summed E-state index contributed by atoms with van der Waals surface area (Å²) < 4.78 is 0. The number of nitrogens with one attached hydrogen (secondary N) is 2. The number of nitro groups is 1. The van der Waals surface area contributed by atoms with Gasteiger partial charge in [-0.15, -0.1) is 0 Å². The van der Waals surface area contributed by atoms with Crippen molar-refractivity contribution in [3.63, 3.8) is 0 Å². The van der Waals surface area contributed by atoms with Gasteiger partial charge in [0.15, 0.2) is 0 Å². The number of nitrogens with zero attached hydrogens (tertiary/aromatic N) is 2. The minimum absolute atomic E-state index is 0.131. The number of non-ortho nitro benzene ring substituents is 1. The first kappa shape index (κ1) is 18.4. The summed E-state index contributed by atoms with van der Waals surface area (Å²) in [6, 6.07) is 20.5. The van der Waals surface area contributed by atoms with Crippen LogP contribution >= 0.6 is 0 Å². The van der Waals surface area contributed by atoms with Crippen LogP contribution in [-0.2, 0) is 0 Å². The maximum atomic E-state index is 12.9. The highest BCUT2D eigenvalue weighted by Crippen LogP contribution is 2.24. The van der Waals surface area contributed by atoms with Gasteiger partial charge < -0.3 is 10.3 Å². The van der Waals surface area contributed by atoms with Crippen LogP contribution in [0.2, 0.25) is 0 Å². The van der Waals surface area contributed by atoms with Crippen LogP contribution in [0.5, 0.6) is 0 Å². The second-order valence-corrected chi connectivity index (χ2v) is 6.77. The molecule has 1 amide bonds. The van der Waals surface area contributed by atoms with E-state index in [2.05, 4.69) is 15.3 Å². The third-order valence-electron chi connectivity index (χ3n) is 4.66. The number of rotatable bonds is 5. The number of carbonyl (C=O) groups is 1. The van der Waals surface area contributed by atoms with E-state index >= 15 is 0 Å². The van der Waals surface area contributed by atoms with Crippen LogP contribution in [0.1, 0.15) is 33.4 Å². The fraction of sp³-hybridized carbons (Fsp3) is 0.0909. The van der Waals surface area contributed by atoms with Gasteiger partial charge in [0, 0.05) is 17.7 Å². The number of fused-ring (bicyclic) bond motifs is 1. The average Bonchev–Trinajstić information content (AvgIpc) is 3.15. The number of aromatic amines is 1. The standard InChI is InChI=1S/C22H18N4O3/c1-14-10-11-18-19(12-14)24-21(23-18)20(15-6-3-2-4-7-15)25-22(27)16-8-5-9-17(13-16)26(28)29/h2-13,20H,1H3,(H,23,24)(H,25,27). The highest BCUT2D eigenvalue weighted by molar-refractivity contribution is 5.95. The molecule has 7 heteroatoms. The van der Waals surface area contributed by atoms with Crippen molar-refractivity contribution in [1.29, 1.82) is 0 Å². The summed E-state index contributed by atoms with van der Waals surface area (Å²) in [6.45, 7) is 2.00. The molecule has 0 saturated heterocycles. The van der Waals surface area contributed by atoms with E-state index in [0.717, 1.165) is 22.2 Å². The fourth-order valence-electron chi connectivity index (χ4n) is 3.21. The second kappa shape index (κ2) is 7.55. The van der Waals surface area contributed by atoms with Gasteiger partial charge in [-0.25, -0.2) is 4.98 Å². The van der Waals surface area contributed by atoms with Crippen molar-refractivity contribution in [1.82, 2.24) is 15.3 Å². The number of carbonyl (C=O) groups excluding carboxylic acids is 1. The molecule has 0 aliphatic heterocycles. The molecule has 0 radical (unpaired) electrons. The Balaban J connectivity index is 1.72. The highest BCUT2D eigenvalue weighted by atomic mass is 16.6. The number of benzene rings is 3. The predicted molar refractivity (Wildman–Crippen MR) is 110 cm³/mol. The molecule has 1 atom stereocenters. The van der Waals surface area contributed by atoms with Gasteiger partial charge in [0.05, 0.1) is 16.0 Å². The number of H-pyrrole nitrogens is 1. The number of aromatic nitrogens is 2. The van der Waals surface area contributed by atoms with Crippen molar-refractivity contribution in [3.05, 3.63) is 105 Å². The van der Waals surface area contributed by atoms with Crippen molar-refractivity contribution in [2.45, 2.75) is 13.0 Å². The minimum atomic E-state index is -0.532. The van der Waals surface area contributed by atoms with E-state index in [1.54, 1.807) is 6.07 Å². The zero-order valence-corrected chi connectivity index (χ0v) is 15.6. The number of hydrogen-bond donors (Lipinski definition) is 2. The topological polar surface area (TPSA) is 101 Å². The Bertz CT molecular complexity index is 1200. The molecule has 1 heterocycles. The van der Waals surface area contributed by atoms with Gasteiger partial charge in [-0.05, 0) is 36.2 Å². The van der Waals surface area contributed by atoms with Crippen LogP contribution in [0.15, 0.2) is 72.8 Å². The summed E-state index contributed by atoms with van der Waals surface area (Å²) >= 11 is 0. The molecule has 0 spiro atoms. The van der Waals surface area contributed by atoms with Crippen molar-refractivity contribution in [2.75, 3.05) is 0 Å². The lowest BCUT2D eigenvalue weighted by Crippen LogP contribution is -2.30. The van der Waals surface area contributed by atoms with Gasteiger partial charge in [0.1, 0.15) is 11.9 Å². The Morgan fingerprint density at radius 3 is 2.62 bits per heavy atom. The molecule has 7 nitrogen and oxygen atoms in total. The van der Waals surface area contributed by atoms with Gasteiger partial charge >= 0.3 is 0 Å². The highest BCUT2D eigenvalue weighted by Gasteiger charge is 2.22. The molecule has 29 heavy (non-hydrogen) atoms. The predicted octanol–water partition coefficient (Wildman–Crippen LogP) is 4.30. The van der Waals surface area contributed by atoms with Crippen LogP contribution in [0.3, 0.4) is 0 Å². The van der Waals surface area contributed by atoms with Crippen LogP contribution in [0, 0.1) is 17.0 Å². The summed E-state index contributed by atoms with van der Waals surface area (Å²) in [7, 11) is 0. The molecule has 2 N–H and O–H groups in total. The molecule has 1 aromatic heterocycles. The fourth-order valence-corrected chi connectivity index (χ4v) is 3.21. The van der Waals surface area contributed by atoms with Crippen molar-refractivity contribution in [3.8, 4) is 0 Å². The number of nitro benzene ring substituents is 1. The lowest BCUT2D eigenvalue weighted by molar-refractivity contribution is -0.384. The average molecular weight is 386 g/mol. The van der Waals surface area contributed by atoms with E-state index in [-0.39, 0.29) is 11.3 Å². The van der Waals surface area contributed by atoms with Gasteiger partial charge in [-0.3, -0.25) is 14.9 Å². The van der Waals surface area contributed by atoms with E-state index in [9.17, 15) is 14.9 Å². The third kappa shape index (κ3) is 3.84. The molecule has 144 valence electrons. The van der Waals surface area contributed by atoms with Crippen molar-refractivity contribution >= 4 is 22.6 Å². The zero-order chi connectivity index (χ0) is 20.4. The normalized spacial score (nSPS) is 11.9. The van der Waals surface area contributed by atoms with Gasteiger partial charge in [-0.1, -0.05) is 42.5 Å². The molecular weight excluding hydrogens is 368 g/mol. The first-order valence-corrected chi connectivity index (χ1v) is 9.08. The molecule has 0 aliphatic rings. The molecule has 1 unspecified atom stereocenters. The first-order chi connectivity index (χ1) is 14.0. The van der Waals surface area contributed by atoms with Gasteiger partial charge in [-0.2, -0.15) is 0 Å². The largest absolute Gasteiger partial charge is 0.340 e. The summed E-state index contributed by atoms with van der Waals surface area (Å²) in [5.41, 5.74) is 3.72. The Morgan fingerprint density at radius 1 is 1.07 bits per heavy atom. The molecule has 0 aliphatic carbocycles. The second-order valence-electron chi connectivity index (χ2n) is 6.77. The third-order valence-corrected chi connectivity index (χ3v) is 4.66. The molecular formula is C22H18N4O3. The maximum Gasteiger partial charge on any atom is 0.270 e. The summed E-state index contributed by atoms with van der Waals surface area (Å²) in [5.74, 6) is 0.176. The van der Waals surface area contributed by atoms with Crippen molar-refractivity contribution < 1.29 is 9.72 Å². The number of aryl methyl sites for hydroxylation is 1. The van der Waals surface area contributed by atoms with Crippen molar-refractivity contribution in [2.24, 2.45) is 0 Å². The number of amides is 1.